The topological polar surface area (TPSA) is 52.0 Å². The van der Waals surface area contributed by atoms with Gasteiger partial charge in [-0.15, -0.1) is 0 Å². The van der Waals surface area contributed by atoms with E-state index in [1.54, 1.807) is 12.1 Å². The molecule has 3 rings (SSSR count). The lowest BCUT2D eigenvalue weighted by atomic mass is 9.87. The Labute approximate surface area is 113 Å². The standard InChI is InChI=1S/C13H13ClF2N2O/c14-8-5-10-11(6-9(8)17)19-12(18-10)7-1-3-13(15,16)4-2-7/h5-7H,1-4,17H2. The highest BCUT2D eigenvalue weighted by Gasteiger charge is 2.37. The normalized spacial score (nSPS) is 19.9. The van der Waals surface area contributed by atoms with E-state index in [0.717, 1.165) is 0 Å². The fourth-order valence-corrected chi connectivity index (χ4v) is 2.60. The van der Waals surface area contributed by atoms with Crippen LogP contribution in [0.4, 0.5) is 14.5 Å². The van der Waals surface area contributed by atoms with Crippen molar-refractivity contribution in [2.75, 3.05) is 5.73 Å². The number of hydrogen-bond donors (Lipinski definition) is 1. The second-order valence-corrected chi connectivity index (χ2v) is 5.43. The minimum absolute atomic E-state index is 0.0491. The van der Waals surface area contributed by atoms with Gasteiger partial charge in [0.2, 0.25) is 5.92 Å². The molecule has 19 heavy (non-hydrogen) atoms. The zero-order valence-electron chi connectivity index (χ0n) is 10.1. The third-order valence-electron chi connectivity index (χ3n) is 3.59. The molecule has 0 aliphatic heterocycles. The zero-order chi connectivity index (χ0) is 13.6. The first-order valence-corrected chi connectivity index (χ1v) is 6.56. The van der Waals surface area contributed by atoms with Crippen molar-refractivity contribution in [1.82, 2.24) is 4.98 Å². The predicted molar refractivity (Wildman–Crippen MR) is 69.6 cm³/mol. The Kier molecular flexibility index (Phi) is 2.89. The van der Waals surface area contributed by atoms with Crippen LogP contribution in [0.3, 0.4) is 0 Å². The minimum Gasteiger partial charge on any atom is -0.440 e. The number of halogens is 3. The van der Waals surface area contributed by atoms with Crippen LogP contribution in [0.25, 0.3) is 11.1 Å². The van der Waals surface area contributed by atoms with E-state index in [-0.39, 0.29) is 18.8 Å². The highest BCUT2D eigenvalue weighted by Crippen LogP contribution is 2.41. The van der Waals surface area contributed by atoms with Crippen molar-refractivity contribution in [3.63, 3.8) is 0 Å². The number of anilines is 1. The van der Waals surface area contributed by atoms with Crippen molar-refractivity contribution >= 4 is 28.4 Å². The number of aromatic nitrogens is 1. The summed E-state index contributed by atoms with van der Waals surface area (Å²) in [7, 11) is 0. The molecule has 3 nitrogen and oxygen atoms in total. The van der Waals surface area contributed by atoms with Gasteiger partial charge in [-0.3, -0.25) is 0 Å². The molecule has 1 aliphatic carbocycles. The maximum absolute atomic E-state index is 13.1. The van der Waals surface area contributed by atoms with Crippen molar-refractivity contribution in [3.05, 3.63) is 23.0 Å². The van der Waals surface area contributed by atoms with Crippen LogP contribution in [0, 0.1) is 0 Å². The SMILES string of the molecule is Nc1cc2oc(C3CCC(F)(F)CC3)nc2cc1Cl. The average molecular weight is 287 g/mol. The molecule has 2 aromatic rings. The molecule has 1 heterocycles. The van der Waals surface area contributed by atoms with Crippen LogP contribution in [-0.4, -0.2) is 10.9 Å². The summed E-state index contributed by atoms with van der Waals surface area (Å²) in [5, 5.41) is 0.419. The van der Waals surface area contributed by atoms with Crippen LogP contribution < -0.4 is 5.73 Å². The first-order valence-electron chi connectivity index (χ1n) is 6.18. The lowest BCUT2D eigenvalue weighted by Crippen LogP contribution is -2.23. The third-order valence-corrected chi connectivity index (χ3v) is 3.92. The Bertz CT molecular complexity index is 577. The van der Waals surface area contributed by atoms with E-state index in [9.17, 15) is 8.78 Å². The first-order chi connectivity index (χ1) is 8.94. The third kappa shape index (κ3) is 2.39. The largest absolute Gasteiger partial charge is 0.440 e. The smallest absolute Gasteiger partial charge is 0.248 e. The van der Waals surface area contributed by atoms with Crippen molar-refractivity contribution in [1.29, 1.82) is 0 Å². The number of oxazole rings is 1. The molecule has 0 spiro atoms. The molecule has 0 amide bonds. The minimum atomic E-state index is -2.55. The monoisotopic (exact) mass is 286 g/mol. The molecule has 1 aromatic carbocycles. The predicted octanol–water partition coefficient (Wildman–Crippen LogP) is 4.36. The molecule has 0 atom stereocenters. The van der Waals surface area contributed by atoms with Crippen LogP contribution in [0.5, 0.6) is 0 Å². The van der Waals surface area contributed by atoms with E-state index in [4.69, 9.17) is 21.8 Å². The molecule has 1 aromatic heterocycles. The number of alkyl halides is 2. The van der Waals surface area contributed by atoms with Gasteiger partial charge >= 0.3 is 0 Å². The van der Waals surface area contributed by atoms with E-state index in [1.807, 2.05) is 0 Å². The zero-order valence-corrected chi connectivity index (χ0v) is 10.9. The van der Waals surface area contributed by atoms with E-state index >= 15 is 0 Å². The number of nitrogens with zero attached hydrogens (tertiary/aromatic N) is 1. The molecule has 1 saturated carbocycles. The molecule has 1 fully saturated rings. The Morgan fingerprint density at radius 2 is 2.00 bits per heavy atom. The lowest BCUT2D eigenvalue weighted by molar-refractivity contribution is -0.0397. The van der Waals surface area contributed by atoms with E-state index < -0.39 is 5.92 Å². The summed E-state index contributed by atoms with van der Waals surface area (Å²) in [5.41, 5.74) is 7.28. The van der Waals surface area contributed by atoms with Gasteiger partial charge in [0.1, 0.15) is 5.52 Å². The van der Waals surface area contributed by atoms with Gasteiger partial charge in [0.15, 0.2) is 11.5 Å². The quantitative estimate of drug-likeness (QED) is 0.793. The molecule has 0 bridgehead atoms. The lowest BCUT2D eigenvalue weighted by Gasteiger charge is -2.26. The molecule has 102 valence electrons. The molecule has 6 heteroatoms. The summed E-state index contributed by atoms with van der Waals surface area (Å²) in [6.07, 6.45) is 0.560. The molecule has 1 aliphatic rings. The summed E-state index contributed by atoms with van der Waals surface area (Å²) in [4.78, 5) is 4.33. The summed E-state index contributed by atoms with van der Waals surface area (Å²) in [6.45, 7) is 0. The number of rotatable bonds is 1. The number of benzene rings is 1. The molecule has 2 N–H and O–H groups in total. The van der Waals surface area contributed by atoms with Crippen molar-refractivity contribution in [3.8, 4) is 0 Å². The molecular weight excluding hydrogens is 274 g/mol. The average Bonchev–Trinajstić information content (AvgIpc) is 2.72. The van der Waals surface area contributed by atoms with Gasteiger partial charge in [0, 0.05) is 24.8 Å². The maximum Gasteiger partial charge on any atom is 0.248 e. The molecule has 0 unspecified atom stereocenters. The molecule has 0 saturated heterocycles. The fourth-order valence-electron chi connectivity index (χ4n) is 2.44. The van der Waals surface area contributed by atoms with Crippen molar-refractivity contribution in [2.45, 2.75) is 37.5 Å². The Morgan fingerprint density at radius 3 is 2.68 bits per heavy atom. The number of hydrogen-bond acceptors (Lipinski definition) is 3. The van der Waals surface area contributed by atoms with Crippen LogP contribution >= 0.6 is 11.6 Å². The maximum atomic E-state index is 13.1. The van der Waals surface area contributed by atoms with Gasteiger partial charge in [0.05, 0.1) is 10.7 Å². The van der Waals surface area contributed by atoms with E-state index in [1.165, 1.54) is 0 Å². The highest BCUT2D eigenvalue weighted by atomic mass is 35.5. The first kappa shape index (κ1) is 12.7. The number of nitrogens with two attached hydrogens (primary N) is 1. The van der Waals surface area contributed by atoms with Crippen LogP contribution in [0.15, 0.2) is 16.5 Å². The summed E-state index contributed by atoms with van der Waals surface area (Å²) >= 11 is 5.91. The number of fused-ring (bicyclic) bond motifs is 1. The van der Waals surface area contributed by atoms with Gasteiger partial charge in [-0.25, -0.2) is 13.8 Å². The van der Waals surface area contributed by atoms with Gasteiger partial charge in [-0.1, -0.05) is 11.6 Å². The second-order valence-electron chi connectivity index (χ2n) is 5.02. The van der Waals surface area contributed by atoms with Gasteiger partial charge < -0.3 is 10.2 Å². The van der Waals surface area contributed by atoms with Gasteiger partial charge in [0.25, 0.3) is 0 Å². The Balaban J connectivity index is 1.90. The summed E-state index contributed by atoms with van der Waals surface area (Å²) < 4.78 is 31.9. The van der Waals surface area contributed by atoms with Crippen molar-refractivity contribution in [2.24, 2.45) is 0 Å². The second kappa shape index (κ2) is 4.34. The fraction of sp³-hybridized carbons (Fsp3) is 0.462. The van der Waals surface area contributed by atoms with Crippen LogP contribution in [0.2, 0.25) is 5.02 Å². The van der Waals surface area contributed by atoms with E-state index in [0.29, 0.717) is 40.5 Å². The Hall–Kier alpha value is -1.36. The highest BCUT2D eigenvalue weighted by molar-refractivity contribution is 6.33. The summed E-state index contributed by atoms with van der Waals surface area (Å²) in [6, 6.07) is 3.25. The molecular formula is C13H13ClF2N2O. The molecule has 0 radical (unpaired) electrons. The van der Waals surface area contributed by atoms with Gasteiger partial charge in [-0.2, -0.15) is 0 Å². The Morgan fingerprint density at radius 1 is 1.32 bits per heavy atom. The van der Waals surface area contributed by atoms with Gasteiger partial charge in [-0.05, 0) is 18.9 Å². The van der Waals surface area contributed by atoms with E-state index in [2.05, 4.69) is 4.98 Å². The van der Waals surface area contributed by atoms with Crippen LogP contribution in [0.1, 0.15) is 37.5 Å². The summed E-state index contributed by atoms with van der Waals surface area (Å²) in [5.74, 6) is -2.09. The van der Waals surface area contributed by atoms with Crippen LogP contribution in [-0.2, 0) is 0 Å². The number of nitrogen functional groups attached to an aromatic ring is 1. The van der Waals surface area contributed by atoms with Crippen molar-refractivity contribution < 1.29 is 13.2 Å².